The average molecular weight is 263 g/mol. The monoisotopic (exact) mass is 263 g/mol. The molecular formula is C14H21N3O2. The van der Waals surface area contributed by atoms with Crippen LogP contribution in [-0.4, -0.2) is 42.9 Å². The van der Waals surface area contributed by atoms with Crippen LogP contribution < -0.4 is 0 Å². The maximum atomic E-state index is 11.8. The van der Waals surface area contributed by atoms with Gasteiger partial charge in [0, 0.05) is 38.7 Å². The van der Waals surface area contributed by atoms with Gasteiger partial charge in [0.05, 0.1) is 18.8 Å². The van der Waals surface area contributed by atoms with E-state index >= 15 is 0 Å². The summed E-state index contributed by atoms with van der Waals surface area (Å²) in [4.78, 5) is 15.5. The third-order valence-electron chi connectivity index (χ3n) is 3.10. The summed E-state index contributed by atoms with van der Waals surface area (Å²) in [6.07, 6.45) is 2.53. The number of aryl methyl sites for hydroxylation is 1. The second-order valence-electron chi connectivity index (χ2n) is 4.71. The SMILES string of the molecule is Cc1occc1CN(C)CCC(=O)N(C)CCC#N. The Morgan fingerprint density at radius 2 is 2.16 bits per heavy atom. The molecule has 104 valence electrons. The lowest BCUT2D eigenvalue weighted by Crippen LogP contribution is -2.31. The van der Waals surface area contributed by atoms with Crippen LogP contribution in [0.4, 0.5) is 0 Å². The highest BCUT2D eigenvalue weighted by Gasteiger charge is 2.11. The number of furan rings is 1. The Morgan fingerprint density at radius 1 is 1.42 bits per heavy atom. The molecule has 0 atom stereocenters. The quantitative estimate of drug-likeness (QED) is 0.752. The van der Waals surface area contributed by atoms with Crippen LogP contribution in [0.2, 0.25) is 0 Å². The lowest BCUT2D eigenvalue weighted by Gasteiger charge is -2.19. The Morgan fingerprint density at radius 3 is 2.74 bits per heavy atom. The van der Waals surface area contributed by atoms with Crippen molar-refractivity contribution in [1.29, 1.82) is 5.26 Å². The minimum atomic E-state index is 0.0750. The number of nitriles is 1. The molecule has 0 saturated heterocycles. The van der Waals surface area contributed by atoms with Crippen molar-refractivity contribution in [3.63, 3.8) is 0 Å². The molecule has 1 amide bonds. The van der Waals surface area contributed by atoms with Gasteiger partial charge in [0.1, 0.15) is 5.76 Å². The molecule has 0 N–H and O–H groups in total. The van der Waals surface area contributed by atoms with E-state index in [0.29, 0.717) is 25.9 Å². The largest absolute Gasteiger partial charge is 0.469 e. The minimum Gasteiger partial charge on any atom is -0.469 e. The molecule has 1 aromatic rings. The van der Waals surface area contributed by atoms with Gasteiger partial charge in [-0.05, 0) is 20.0 Å². The van der Waals surface area contributed by atoms with Gasteiger partial charge in [0.15, 0.2) is 0 Å². The van der Waals surface area contributed by atoms with E-state index in [2.05, 4.69) is 4.90 Å². The molecule has 0 aliphatic heterocycles. The first kappa shape index (κ1) is 15.3. The maximum absolute atomic E-state index is 11.8. The second kappa shape index (κ2) is 7.59. The topological polar surface area (TPSA) is 60.5 Å². The van der Waals surface area contributed by atoms with E-state index in [1.807, 2.05) is 26.1 Å². The van der Waals surface area contributed by atoms with E-state index in [0.717, 1.165) is 17.9 Å². The van der Waals surface area contributed by atoms with E-state index in [9.17, 15) is 4.79 Å². The Bertz CT molecular complexity index is 448. The maximum Gasteiger partial charge on any atom is 0.223 e. The molecule has 0 aliphatic rings. The number of hydrogen-bond donors (Lipinski definition) is 0. The first-order valence-corrected chi connectivity index (χ1v) is 6.37. The molecule has 5 nitrogen and oxygen atoms in total. The molecule has 0 fully saturated rings. The number of nitrogens with zero attached hydrogens (tertiary/aromatic N) is 3. The van der Waals surface area contributed by atoms with Crippen molar-refractivity contribution >= 4 is 5.91 Å². The van der Waals surface area contributed by atoms with Gasteiger partial charge < -0.3 is 14.2 Å². The van der Waals surface area contributed by atoms with Gasteiger partial charge >= 0.3 is 0 Å². The summed E-state index contributed by atoms with van der Waals surface area (Å²) in [7, 11) is 3.72. The summed E-state index contributed by atoms with van der Waals surface area (Å²) in [6.45, 7) is 3.90. The van der Waals surface area contributed by atoms with Crippen molar-refractivity contribution < 1.29 is 9.21 Å². The lowest BCUT2D eigenvalue weighted by molar-refractivity contribution is -0.130. The van der Waals surface area contributed by atoms with Crippen molar-refractivity contribution in [3.05, 3.63) is 23.7 Å². The molecule has 5 heteroatoms. The number of hydrogen-bond acceptors (Lipinski definition) is 4. The van der Waals surface area contributed by atoms with Gasteiger partial charge in [0.2, 0.25) is 5.91 Å². The number of rotatable bonds is 7. The standard InChI is InChI=1S/C14H21N3O2/c1-12-13(6-10-19-12)11-16(2)9-5-14(18)17(3)8-4-7-15/h6,10H,4-5,8-9,11H2,1-3H3. The van der Waals surface area contributed by atoms with Crippen molar-refractivity contribution in [2.24, 2.45) is 0 Å². The zero-order chi connectivity index (χ0) is 14.3. The zero-order valence-electron chi connectivity index (χ0n) is 11.8. The van der Waals surface area contributed by atoms with E-state index in [1.54, 1.807) is 18.2 Å². The Hall–Kier alpha value is -1.80. The molecule has 0 radical (unpaired) electrons. The molecule has 1 rings (SSSR count). The van der Waals surface area contributed by atoms with Crippen LogP contribution in [0.1, 0.15) is 24.2 Å². The van der Waals surface area contributed by atoms with Crippen molar-refractivity contribution in [2.75, 3.05) is 27.2 Å². The van der Waals surface area contributed by atoms with E-state index < -0.39 is 0 Å². The summed E-state index contributed by atoms with van der Waals surface area (Å²) >= 11 is 0. The Kier molecular flexibility index (Phi) is 6.10. The fourth-order valence-corrected chi connectivity index (χ4v) is 1.76. The summed E-state index contributed by atoms with van der Waals surface area (Å²) in [5.74, 6) is 0.996. The minimum absolute atomic E-state index is 0.0750. The highest BCUT2D eigenvalue weighted by molar-refractivity contribution is 5.76. The van der Waals surface area contributed by atoms with Crippen LogP contribution in [-0.2, 0) is 11.3 Å². The molecule has 0 bridgehead atoms. The van der Waals surface area contributed by atoms with Crippen LogP contribution in [0, 0.1) is 18.3 Å². The summed E-state index contributed by atoms with van der Waals surface area (Å²) in [5.41, 5.74) is 1.15. The predicted octanol–water partition coefficient (Wildman–Crippen LogP) is 1.78. The molecule has 0 aromatic carbocycles. The molecular weight excluding hydrogens is 242 g/mol. The summed E-state index contributed by atoms with van der Waals surface area (Å²) < 4.78 is 5.24. The molecule has 1 aromatic heterocycles. The van der Waals surface area contributed by atoms with Crippen LogP contribution in [0.3, 0.4) is 0 Å². The fraction of sp³-hybridized carbons (Fsp3) is 0.571. The molecule has 0 unspecified atom stereocenters. The first-order valence-electron chi connectivity index (χ1n) is 6.37. The fourth-order valence-electron chi connectivity index (χ4n) is 1.76. The molecule has 0 aliphatic carbocycles. The van der Waals surface area contributed by atoms with Gasteiger partial charge in [-0.2, -0.15) is 5.26 Å². The van der Waals surface area contributed by atoms with Crippen molar-refractivity contribution in [2.45, 2.75) is 26.3 Å². The van der Waals surface area contributed by atoms with Gasteiger partial charge in [-0.3, -0.25) is 4.79 Å². The number of carbonyl (C=O) groups excluding carboxylic acids is 1. The molecule has 0 saturated carbocycles. The number of amides is 1. The van der Waals surface area contributed by atoms with Gasteiger partial charge in [-0.25, -0.2) is 0 Å². The van der Waals surface area contributed by atoms with E-state index in [4.69, 9.17) is 9.68 Å². The van der Waals surface area contributed by atoms with Crippen molar-refractivity contribution in [1.82, 2.24) is 9.80 Å². The van der Waals surface area contributed by atoms with Gasteiger partial charge in [0.25, 0.3) is 0 Å². The molecule has 1 heterocycles. The predicted molar refractivity (Wildman–Crippen MR) is 72.3 cm³/mol. The van der Waals surface area contributed by atoms with Crippen molar-refractivity contribution in [3.8, 4) is 6.07 Å². The highest BCUT2D eigenvalue weighted by Crippen LogP contribution is 2.11. The third kappa shape index (κ3) is 5.14. The summed E-state index contributed by atoms with van der Waals surface area (Å²) in [6, 6.07) is 3.99. The van der Waals surface area contributed by atoms with Gasteiger partial charge in [-0.1, -0.05) is 0 Å². The highest BCUT2D eigenvalue weighted by atomic mass is 16.3. The molecule has 19 heavy (non-hydrogen) atoms. The Balaban J connectivity index is 2.30. The normalized spacial score (nSPS) is 10.5. The van der Waals surface area contributed by atoms with Gasteiger partial charge in [-0.15, -0.1) is 0 Å². The molecule has 0 spiro atoms. The zero-order valence-corrected chi connectivity index (χ0v) is 11.8. The van der Waals surface area contributed by atoms with Crippen LogP contribution in [0.5, 0.6) is 0 Å². The van der Waals surface area contributed by atoms with Crippen LogP contribution in [0.25, 0.3) is 0 Å². The van der Waals surface area contributed by atoms with E-state index in [-0.39, 0.29) is 5.91 Å². The first-order chi connectivity index (χ1) is 9.04. The van der Waals surface area contributed by atoms with Crippen LogP contribution in [0.15, 0.2) is 16.7 Å². The lowest BCUT2D eigenvalue weighted by atomic mass is 10.2. The third-order valence-corrected chi connectivity index (χ3v) is 3.10. The average Bonchev–Trinajstić information content (AvgIpc) is 2.78. The smallest absolute Gasteiger partial charge is 0.223 e. The summed E-state index contributed by atoms with van der Waals surface area (Å²) in [5, 5.41) is 8.48. The van der Waals surface area contributed by atoms with E-state index in [1.165, 1.54) is 0 Å². The van der Waals surface area contributed by atoms with Crippen LogP contribution >= 0.6 is 0 Å². The second-order valence-corrected chi connectivity index (χ2v) is 4.71. The Labute approximate surface area is 114 Å². The number of carbonyl (C=O) groups is 1.